The van der Waals surface area contributed by atoms with E-state index >= 15 is 0 Å². The van der Waals surface area contributed by atoms with Crippen LogP contribution in [0.4, 0.5) is 0 Å². The molecule has 0 aliphatic rings. The van der Waals surface area contributed by atoms with E-state index in [1.165, 1.54) is 0 Å². The number of unbranched alkanes of at least 4 members (excludes halogenated alkanes) is 1. The van der Waals surface area contributed by atoms with E-state index in [1.807, 2.05) is 48.7 Å². The minimum Gasteiger partial charge on any atom is -0.494 e. The molecule has 3 aromatic rings. The second kappa shape index (κ2) is 9.37. The van der Waals surface area contributed by atoms with Crippen LogP contribution in [0.5, 0.6) is 5.75 Å². The SMILES string of the molecule is CCCCOc1cccc(CNC(=O)Cc2nc(-c3cccs3)oc2C)c1. The minimum absolute atomic E-state index is 0.0820. The van der Waals surface area contributed by atoms with Crippen molar-refractivity contribution in [2.45, 2.75) is 39.7 Å². The van der Waals surface area contributed by atoms with Gasteiger partial charge in [-0.05, 0) is 42.5 Å². The number of rotatable bonds is 9. The number of oxazole rings is 1. The Hall–Kier alpha value is -2.60. The molecule has 142 valence electrons. The summed E-state index contributed by atoms with van der Waals surface area (Å²) in [5.41, 5.74) is 1.68. The molecule has 1 amide bonds. The van der Waals surface area contributed by atoms with Crippen LogP contribution in [0.15, 0.2) is 46.2 Å². The summed E-state index contributed by atoms with van der Waals surface area (Å²) in [4.78, 5) is 17.7. The number of nitrogens with one attached hydrogen (secondary N) is 1. The lowest BCUT2D eigenvalue weighted by molar-refractivity contribution is -0.120. The molecule has 0 fully saturated rings. The van der Waals surface area contributed by atoms with Crippen molar-refractivity contribution in [3.05, 3.63) is 58.8 Å². The Labute approximate surface area is 163 Å². The van der Waals surface area contributed by atoms with Crippen molar-refractivity contribution in [3.8, 4) is 16.5 Å². The van der Waals surface area contributed by atoms with Gasteiger partial charge in [-0.25, -0.2) is 4.98 Å². The average molecular weight is 385 g/mol. The van der Waals surface area contributed by atoms with Gasteiger partial charge in [0, 0.05) is 6.54 Å². The summed E-state index contributed by atoms with van der Waals surface area (Å²) in [5, 5.41) is 4.91. The monoisotopic (exact) mass is 384 g/mol. The molecule has 3 rings (SSSR count). The van der Waals surface area contributed by atoms with Gasteiger partial charge in [0.15, 0.2) is 0 Å². The number of benzene rings is 1. The molecule has 1 aromatic carbocycles. The van der Waals surface area contributed by atoms with E-state index in [0.29, 0.717) is 30.5 Å². The molecule has 0 unspecified atom stereocenters. The number of carbonyl (C=O) groups is 1. The van der Waals surface area contributed by atoms with Gasteiger partial charge in [0.05, 0.1) is 23.6 Å². The number of nitrogens with zero attached hydrogens (tertiary/aromatic N) is 1. The van der Waals surface area contributed by atoms with E-state index in [9.17, 15) is 4.79 Å². The van der Waals surface area contributed by atoms with Gasteiger partial charge in [0.1, 0.15) is 11.5 Å². The summed E-state index contributed by atoms with van der Waals surface area (Å²) >= 11 is 1.56. The largest absolute Gasteiger partial charge is 0.494 e. The summed E-state index contributed by atoms with van der Waals surface area (Å²) in [6, 6.07) is 11.7. The zero-order valence-corrected chi connectivity index (χ0v) is 16.5. The van der Waals surface area contributed by atoms with Gasteiger partial charge >= 0.3 is 0 Å². The van der Waals surface area contributed by atoms with Crippen LogP contribution in [-0.4, -0.2) is 17.5 Å². The van der Waals surface area contributed by atoms with Crippen LogP contribution in [-0.2, 0) is 17.8 Å². The Morgan fingerprint density at radius 2 is 2.19 bits per heavy atom. The highest BCUT2D eigenvalue weighted by molar-refractivity contribution is 7.13. The Morgan fingerprint density at radius 1 is 1.30 bits per heavy atom. The van der Waals surface area contributed by atoms with Crippen LogP contribution in [0.1, 0.15) is 36.8 Å². The van der Waals surface area contributed by atoms with Crippen molar-refractivity contribution in [1.29, 1.82) is 0 Å². The summed E-state index contributed by atoms with van der Waals surface area (Å²) < 4.78 is 11.4. The lowest BCUT2D eigenvalue weighted by Gasteiger charge is -2.08. The third-order valence-corrected chi connectivity index (χ3v) is 4.97. The highest BCUT2D eigenvalue weighted by Gasteiger charge is 2.15. The normalized spacial score (nSPS) is 10.7. The molecule has 27 heavy (non-hydrogen) atoms. The lowest BCUT2D eigenvalue weighted by atomic mass is 10.2. The van der Waals surface area contributed by atoms with Gasteiger partial charge < -0.3 is 14.5 Å². The number of amides is 1. The lowest BCUT2D eigenvalue weighted by Crippen LogP contribution is -2.25. The highest BCUT2D eigenvalue weighted by atomic mass is 32.1. The van der Waals surface area contributed by atoms with E-state index in [1.54, 1.807) is 11.3 Å². The second-order valence-corrected chi connectivity index (χ2v) is 7.25. The molecular weight excluding hydrogens is 360 g/mol. The first-order valence-corrected chi connectivity index (χ1v) is 10.0. The molecule has 1 N–H and O–H groups in total. The molecule has 2 aromatic heterocycles. The molecule has 0 saturated heterocycles. The molecule has 2 heterocycles. The summed E-state index contributed by atoms with van der Waals surface area (Å²) in [6.45, 7) is 5.14. The van der Waals surface area contributed by atoms with E-state index < -0.39 is 0 Å². The summed E-state index contributed by atoms with van der Waals surface area (Å²) in [6.07, 6.45) is 2.34. The fraction of sp³-hybridized carbons (Fsp3) is 0.333. The second-order valence-electron chi connectivity index (χ2n) is 6.30. The number of hydrogen-bond acceptors (Lipinski definition) is 5. The molecule has 0 atom stereocenters. The van der Waals surface area contributed by atoms with Crippen molar-refractivity contribution < 1.29 is 13.9 Å². The third kappa shape index (κ3) is 5.44. The number of carbonyl (C=O) groups excluding carboxylic acids is 1. The number of aryl methyl sites for hydroxylation is 1. The van der Waals surface area contributed by atoms with Crippen molar-refractivity contribution in [1.82, 2.24) is 10.3 Å². The number of ether oxygens (including phenoxy) is 1. The standard InChI is InChI=1S/C21H24N2O3S/c1-3-4-10-25-17-8-5-7-16(12-17)14-22-20(24)13-18-15(2)26-21(23-18)19-9-6-11-27-19/h5-9,11-12H,3-4,10,13-14H2,1-2H3,(H,22,24). The molecule has 0 saturated carbocycles. The Bertz CT molecular complexity index is 871. The zero-order valence-electron chi connectivity index (χ0n) is 15.7. The predicted octanol–water partition coefficient (Wildman–Crippen LogP) is 4.75. The average Bonchev–Trinajstić information content (AvgIpc) is 3.31. The molecule has 0 bridgehead atoms. The van der Waals surface area contributed by atoms with Crippen molar-refractivity contribution in [2.24, 2.45) is 0 Å². The number of hydrogen-bond donors (Lipinski definition) is 1. The van der Waals surface area contributed by atoms with Gasteiger partial charge in [-0.1, -0.05) is 31.5 Å². The van der Waals surface area contributed by atoms with E-state index in [0.717, 1.165) is 29.0 Å². The first-order valence-electron chi connectivity index (χ1n) is 9.14. The van der Waals surface area contributed by atoms with Crippen LogP contribution in [0, 0.1) is 6.92 Å². The smallest absolute Gasteiger partial charge is 0.236 e. The fourth-order valence-electron chi connectivity index (χ4n) is 2.59. The van der Waals surface area contributed by atoms with Gasteiger partial charge in [0.2, 0.25) is 11.8 Å². The maximum Gasteiger partial charge on any atom is 0.236 e. The Balaban J connectivity index is 1.53. The molecule has 0 radical (unpaired) electrons. The van der Waals surface area contributed by atoms with Crippen LogP contribution in [0.2, 0.25) is 0 Å². The molecule has 6 heteroatoms. The van der Waals surface area contributed by atoms with E-state index in [4.69, 9.17) is 9.15 Å². The molecule has 0 aliphatic carbocycles. The molecular formula is C21H24N2O3S. The van der Waals surface area contributed by atoms with Gasteiger partial charge in [-0.2, -0.15) is 0 Å². The van der Waals surface area contributed by atoms with Crippen LogP contribution in [0.25, 0.3) is 10.8 Å². The Kier molecular flexibility index (Phi) is 6.65. The Morgan fingerprint density at radius 3 is 2.96 bits per heavy atom. The maximum absolute atomic E-state index is 12.3. The van der Waals surface area contributed by atoms with E-state index in [2.05, 4.69) is 17.2 Å². The van der Waals surface area contributed by atoms with Gasteiger partial charge in [0.25, 0.3) is 0 Å². The predicted molar refractivity (Wildman–Crippen MR) is 107 cm³/mol. The first kappa shape index (κ1) is 19.2. The molecule has 5 nitrogen and oxygen atoms in total. The molecule has 0 spiro atoms. The van der Waals surface area contributed by atoms with Crippen LogP contribution in [0.3, 0.4) is 0 Å². The number of thiophene rings is 1. The van der Waals surface area contributed by atoms with Gasteiger partial charge in [-0.15, -0.1) is 11.3 Å². The quantitative estimate of drug-likeness (QED) is 0.541. The van der Waals surface area contributed by atoms with Crippen molar-refractivity contribution in [3.63, 3.8) is 0 Å². The topological polar surface area (TPSA) is 64.4 Å². The zero-order chi connectivity index (χ0) is 19.1. The van der Waals surface area contributed by atoms with Crippen molar-refractivity contribution >= 4 is 17.2 Å². The van der Waals surface area contributed by atoms with Gasteiger partial charge in [-0.3, -0.25) is 4.79 Å². The van der Waals surface area contributed by atoms with Crippen LogP contribution >= 0.6 is 11.3 Å². The fourth-order valence-corrected chi connectivity index (χ4v) is 3.24. The number of aromatic nitrogens is 1. The maximum atomic E-state index is 12.3. The molecule has 0 aliphatic heterocycles. The summed E-state index contributed by atoms with van der Waals surface area (Å²) in [5.74, 6) is 2.01. The highest BCUT2D eigenvalue weighted by Crippen LogP contribution is 2.26. The third-order valence-electron chi connectivity index (χ3n) is 4.11. The minimum atomic E-state index is -0.0820. The van der Waals surface area contributed by atoms with E-state index in [-0.39, 0.29) is 12.3 Å². The van der Waals surface area contributed by atoms with Crippen LogP contribution < -0.4 is 10.1 Å². The summed E-state index contributed by atoms with van der Waals surface area (Å²) in [7, 11) is 0. The van der Waals surface area contributed by atoms with Crippen molar-refractivity contribution in [2.75, 3.05) is 6.61 Å². The first-order chi connectivity index (χ1) is 13.2.